The van der Waals surface area contributed by atoms with E-state index < -0.39 is 0 Å². The van der Waals surface area contributed by atoms with Crippen LogP contribution in [0.2, 0.25) is 0 Å². The van der Waals surface area contributed by atoms with Crippen molar-refractivity contribution in [2.45, 2.75) is 25.2 Å². The number of thiazole rings is 1. The third-order valence-electron chi connectivity index (χ3n) is 5.80. The second-order valence-corrected chi connectivity index (χ2v) is 8.81. The number of para-hydroxylation sites is 1. The van der Waals surface area contributed by atoms with Gasteiger partial charge in [0.05, 0.1) is 34.0 Å². The molecular formula is C23H24N4OS. The first-order valence-electron chi connectivity index (χ1n) is 10.3. The molecule has 0 spiro atoms. The number of carbonyl (C=O) groups is 1. The van der Waals surface area contributed by atoms with Gasteiger partial charge in [0.25, 0.3) is 5.91 Å². The van der Waals surface area contributed by atoms with Crippen LogP contribution < -0.4 is 0 Å². The van der Waals surface area contributed by atoms with Gasteiger partial charge in [0.15, 0.2) is 0 Å². The number of hydrogen-bond donors (Lipinski definition) is 0. The summed E-state index contributed by atoms with van der Waals surface area (Å²) in [6.07, 6.45) is 2.95. The van der Waals surface area contributed by atoms with Crippen LogP contribution in [-0.2, 0) is 4.79 Å². The van der Waals surface area contributed by atoms with Gasteiger partial charge in [-0.3, -0.25) is 9.69 Å². The van der Waals surface area contributed by atoms with E-state index in [4.69, 9.17) is 4.98 Å². The number of carbonyl (C=O) groups excluding carboxylic acids is 1. The maximum atomic E-state index is 12.7. The maximum absolute atomic E-state index is 12.7. The van der Waals surface area contributed by atoms with E-state index >= 15 is 0 Å². The normalized spacial score (nSPS) is 18.3. The van der Waals surface area contributed by atoms with Crippen molar-refractivity contribution in [2.75, 3.05) is 26.2 Å². The lowest BCUT2D eigenvalue weighted by molar-refractivity contribution is -0.132. The predicted molar refractivity (Wildman–Crippen MR) is 117 cm³/mol. The Morgan fingerprint density at radius 1 is 1.00 bits per heavy atom. The molecule has 1 saturated heterocycles. The molecule has 2 aliphatic heterocycles. The van der Waals surface area contributed by atoms with E-state index in [0.29, 0.717) is 19.0 Å². The molecule has 1 amide bonds. The maximum Gasteiger partial charge on any atom is 0.256 e. The van der Waals surface area contributed by atoms with Crippen molar-refractivity contribution >= 4 is 33.2 Å². The molecular weight excluding hydrogens is 380 g/mol. The van der Waals surface area contributed by atoms with Crippen molar-refractivity contribution in [1.82, 2.24) is 14.9 Å². The molecule has 0 N–H and O–H groups in total. The van der Waals surface area contributed by atoms with Crippen molar-refractivity contribution in [3.8, 4) is 0 Å². The Balaban J connectivity index is 1.17. The number of hydrogen-bond acceptors (Lipinski definition) is 5. The predicted octanol–water partition coefficient (Wildman–Crippen LogP) is 4.11. The fourth-order valence-corrected chi connectivity index (χ4v) is 5.28. The summed E-state index contributed by atoms with van der Waals surface area (Å²) in [7, 11) is 0. The molecule has 0 unspecified atom stereocenters. The Hall–Kier alpha value is -2.57. The summed E-state index contributed by atoms with van der Waals surface area (Å²) in [5.74, 6) is 0.614. The largest absolute Gasteiger partial charge is 0.294 e. The van der Waals surface area contributed by atoms with Gasteiger partial charge in [-0.05, 0) is 43.6 Å². The Morgan fingerprint density at radius 2 is 1.76 bits per heavy atom. The number of hydrazone groups is 1. The molecule has 5 rings (SSSR count). The van der Waals surface area contributed by atoms with E-state index in [2.05, 4.69) is 40.3 Å². The molecule has 29 heavy (non-hydrogen) atoms. The highest BCUT2D eigenvalue weighted by atomic mass is 32.1. The minimum atomic E-state index is 0.106. The first-order chi connectivity index (χ1) is 14.3. The van der Waals surface area contributed by atoms with Gasteiger partial charge in [-0.15, -0.1) is 11.3 Å². The van der Waals surface area contributed by atoms with Crippen LogP contribution in [0.1, 0.15) is 35.8 Å². The Morgan fingerprint density at radius 3 is 2.55 bits per heavy atom. The molecule has 0 bridgehead atoms. The summed E-state index contributed by atoms with van der Waals surface area (Å²) in [5, 5.41) is 7.47. The molecule has 0 radical (unpaired) electrons. The van der Waals surface area contributed by atoms with Crippen molar-refractivity contribution < 1.29 is 4.79 Å². The minimum Gasteiger partial charge on any atom is -0.294 e. The van der Waals surface area contributed by atoms with Gasteiger partial charge in [0, 0.05) is 12.3 Å². The monoisotopic (exact) mass is 404 g/mol. The molecule has 3 aromatic rings. The second-order valence-electron chi connectivity index (χ2n) is 7.75. The number of rotatable bonds is 4. The van der Waals surface area contributed by atoms with E-state index in [9.17, 15) is 4.79 Å². The van der Waals surface area contributed by atoms with E-state index in [0.717, 1.165) is 49.1 Å². The van der Waals surface area contributed by atoms with Crippen LogP contribution in [0.3, 0.4) is 0 Å². The number of aromatic nitrogens is 1. The summed E-state index contributed by atoms with van der Waals surface area (Å²) >= 11 is 1.81. The van der Waals surface area contributed by atoms with Crippen LogP contribution in [-0.4, -0.2) is 52.7 Å². The summed E-state index contributed by atoms with van der Waals surface area (Å²) in [6, 6.07) is 18.5. The zero-order valence-corrected chi connectivity index (χ0v) is 17.1. The van der Waals surface area contributed by atoms with Crippen molar-refractivity contribution in [3.05, 3.63) is 65.2 Å². The number of likely N-dealkylation sites (tertiary alicyclic amines) is 1. The molecule has 2 aromatic carbocycles. The van der Waals surface area contributed by atoms with E-state index in [1.165, 1.54) is 9.71 Å². The van der Waals surface area contributed by atoms with Crippen LogP contribution in [0.25, 0.3) is 10.2 Å². The molecule has 2 aliphatic rings. The van der Waals surface area contributed by atoms with Crippen LogP contribution in [0.5, 0.6) is 0 Å². The molecule has 0 saturated carbocycles. The fourth-order valence-electron chi connectivity index (χ4n) is 4.15. The van der Waals surface area contributed by atoms with Crippen LogP contribution in [0, 0.1) is 0 Å². The first kappa shape index (κ1) is 18.5. The molecule has 1 aromatic heterocycles. The third kappa shape index (κ3) is 3.95. The lowest BCUT2D eigenvalue weighted by Crippen LogP contribution is -2.41. The fraction of sp³-hybridized carbons (Fsp3) is 0.348. The van der Waals surface area contributed by atoms with Gasteiger partial charge in [-0.2, -0.15) is 5.10 Å². The number of nitrogens with zero attached hydrogens (tertiary/aromatic N) is 4. The lowest BCUT2D eigenvalue weighted by Gasteiger charge is -2.31. The van der Waals surface area contributed by atoms with Crippen LogP contribution in [0.4, 0.5) is 0 Å². The first-order valence-corrected chi connectivity index (χ1v) is 11.1. The standard InChI is InChI=1S/C23H24N4OS/c28-22(27-15-12-19(25-27)17-6-2-1-3-7-17)16-26-13-10-18(11-14-26)23-24-20-8-4-5-9-21(20)29-23/h1-9,18H,10-16H2. The summed E-state index contributed by atoms with van der Waals surface area (Å²) in [5.41, 5.74) is 3.22. The number of fused-ring (bicyclic) bond motifs is 1. The van der Waals surface area contributed by atoms with Gasteiger partial charge in [0.1, 0.15) is 0 Å². The van der Waals surface area contributed by atoms with E-state index in [1.54, 1.807) is 5.01 Å². The summed E-state index contributed by atoms with van der Waals surface area (Å²) < 4.78 is 1.27. The average Bonchev–Trinajstić information content (AvgIpc) is 3.42. The van der Waals surface area contributed by atoms with Crippen molar-refractivity contribution in [2.24, 2.45) is 5.10 Å². The Labute approximate surface area is 174 Å². The molecule has 0 atom stereocenters. The number of benzene rings is 2. The number of amides is 1. The Bertz CT molecular complexity index is 1000. The van der Waals surface area contributed by atoms with Gasteiger partial charge >= 0.3 is 0 Å². The van der Waals surface area contributed by atoms with Crippen molar-refractivity contribution in [3.63, 3.8) is 0 Å². The molecule has 6 heteroatoms. The number of piperidine rings is 1. The quantitative estimate of drug-likeness (QED) is 0.657. The van der Waals surface area contributed by atoms with Gasteiger partial charge in [0.2, 0.25) is 0 Å². The smallest absolute Gasteiger partial charge is 0.256 e. The zero-order valence-electron chi connectivity index (χ0n) is 16.3. The highest BCUT2D eigenvalue weighted by Gasteiger charge is 2.27. The molecule has 5 nitrogen and oxygen atoms in total. The lowest BCUT2D eigenvalue weighted by atomic mass is 9.97. The third-order valence-corrected chi connectivity index (χ3v) is 7.00. The molecule has 3 heterocycles. The molecule has 148 valence electrons. The van der Waals surface area contributed by atoms with Gasteiger partial charge in [-0.25, -0.2) is 9.99 Å². The topological polar surface area (TPSA) is 48.8 Å². The summed E-state index contributed by atoms with van der Waals surface area (Å²) in [4.78, 5) is 19.8. The molecule has 1 fully saturated rings. The summed E-state index contributed by atoms with van der Waals surface area (Å²) in [6.45, 7) is 3.02. The van der Waals surface area contributed by atoms with Crippen LogP contribution >= 0.6 is 11.3 Å². The highest BCUT2D eigenvalue weighted by molar-refractivity contribution is 7.18. The average molecular weight is 405 g/mol. The van der Waals surface area contributed by atoms with Gasteiger partial charge < -0.3 is 0 Å². The Kier molecular flexibility index (Phi) is 5.12. The SMILES string of the molecule is O=C(CN1CCC(c2nc3ccccc3s2)CC1)N1CCC(c2ccccc2)=N1. The van der Waals surface area contributed by atoms with Crippen LogP contribution in [0.15, 0.2) is 59.7 Å². The minimum absolute atomic E-state index is 0.106. The molecule has 0 aliphatic carbocycles. The van der Waals surface area contributed by atoms with E-state index in [1.807, 2.05) is 35.6 Å². The van der Waals surface area contributed by atoms with E-state index in [-0.39, 0.29) is 5.91 Å². The highest BCUT2D eigenvalue weighted by Crippen LogP contribution is 2.33. The zero-order chi connectivity index (χ0) is 19.6. The van der Waals surface area contributed by atoms with Gasteiger partial charge in [-0.1, -0.05) is 42.5 Å². The second kappa shape index (κ2) is 8.05. The van der Waals surface area contributed by atoms with Crippen molar-refractivity contribution in [1.29, 1.82) is 0 Å².